The molecular weight excluding hydrogens is 228 g/mol. The van der Waals surface area contributed by atoms with Crippen molar-refractivity contribution in [1.29, 1.82) is 0 Å². The molecule has 0 bridgehead atoms. The number of rotatable bonds is 2. The van der Waals surface area contributed by atoms with Crippen LogP contribution < -0.4 is 0 Å². The van der Waals surface area contributed by atoms with Gasteiger partial charge in [0.1, 0.15) is 0 Å². The molecule has 1 heterocycles. The van der Waals surface area contributed by atoms with E-state index in [2.05, 4.69) is 11.8 Å². The van der Waals surface area contributed by atoms with Gasteiger partial charge in [-0.25, -0.2) is 0 Å². The summed E-state index contributed by atoms with van der Waals surface area (Å²) in [6.45, 7) is 0. The molecule has 0 fully saturated rings. The quantitative estimate of drug-likeness (QED) is 0.579. The molecule has 0 aliphatic carbocycles. The zero-order chi connectivity index (χ0) is 11.9. The first-order valence-corrected chi connectivity index (χ1v) is 6.05. The number of benzene rings is 1. The van der Waals surface area contributed by atoms with E-state index in [1.807, 2.05) is 47.8 Å². The zero-order valence-electron chi connectivity index (χ0n) is 9.09. The maximum absolute atomic E-state index is 11.5. The van der Waals surface area contributed by atoms with Crippen molar-refractivity contribution in [3.8, 4) is 11.8 Å². The van der Waals surface area contributed by atoms with Gasteiger partial charge in [-0.1, -0.05) is 30.2 Å². The molecule has 0 amide bonds. The van der Waals surface area contributed by atoms with Crippen LogP contribution in [0, 0.1) is 11.8 Å². The van der Waals surface area contributed by atoms with E-state index in [-0.39, 0.29) is 5.78 Å². The maximum Gasteiger partial charge on any atom is 0.229 e. The van der Waals surface area contributed by atoms with Gasteiger partial charge in [0.25, 0.3) is 0 Å². The fourth-order valence-electron chi connectivity index (χ4n) is 1.24. The van der Waals surface area contributed by atoms with E-state index in [0.717, 1.165) is 10.4 Å². The molecule has 0 aliphatic rings. The first kappa shape index (κ1) is 11.4. The van der Waals surface area contributed by atoms with Gasteiger partial charge < -0.3 is 0 Å². The first-order valence-electron chi connectivity index (χ1n) is 5.17. The summed E-state index contributed by atoms with van der Waals surface area (Å²) in [6, 6.07) is 13.4. The lowest BCUT2D eigenvalue weighted by molar-refractivity contribution is -0.109. The third-order valence-electron chi connectivity index (χ3n) is 2.05. The van der Waals surface area contributed by atoms with Gasteiger partial charge in [0.15, 0.2) is 0 Å². The first-order chi connectivity index (χ1) is 8.34. The Morgan fingerprint density at radius 1 is 1.12 bits per heavy atom. The van der Waals surface area contributed by atoms with E-state index in [0.29, 0.717) is 0 Å². The number of hydrogen-bond donors (Lipinski definition) is 0. The molecule has 0 aliphatic heterocycles. The number of carbonyl (C=O) groups excluding carboxylic acids is 1. The molecule has 0 N–H and O–H groups in total. The van der Waals surface area contributed by atoms with Gasteiger partial charge in [-0.2, -0.15) is 0 Å². The topological polar surface area (TPSA) is 17.1 Å². The summed E-state index contributed by atoms with van der Waals surface area (Å²) in [5, 5.41) is 1.97. The fourth-order valence-corrected chi connectivity index (χ4v) is 1.86. The minimum absolute atomic E-state index is 0.178. The molecule has 0 saturated carbocycles. The van der Waals surface area contributed by atoms with Crippen LogP contribution in [0.25, 0.3) is 6.08 Å². The third-order valence-corrected chi connectivity index (χ3v) is 2.88. The molecule has 0 radical (unpaired) electrons. The fraction of sp³-hybridized carbons (Fsp3) is 0. The van der Waals surface area contributed by atoms with Crippen molar-refractivity contribution in [3.63, 3.8) is 0 Å². The molecule has 82 valence electrons. The molecule has 0 unspecified atom stereocenters. The van der Waals surface area contributed by atoms with Crippen LogP contribution in [0.5, 0.6) is 0 Å². The SMILES string of the molecule is O=C(C#Cc1ccccc1)/C=C/c1cccs1. The van der Waals surface area contributed by atoms with Crippen LogP contribution in [-0.4, -0.2) is 5.78 Å². The van der Waals surface area contributed by atoms with Crippen molar-refractivity contribution in [1.82, 2.24) is 0 Å². The van der Waals surface area contributed by atoms with Gasteiger partial charge >= 0.3 is 0 Å². The Morgan fingerprint density at radius 3 is 2.65 bits per heavy atom. The number of allylic oxidation sites excluding steroid dienone is 1. The summed E-state index contributed by atoms with van der Waals surface area (Å²) in [7, 11) is 0. The molecule has 2 heteroatoms. The summed E-state index contributed by atoms with van der Waals surface area (Å²) in [5.74, 6) is 5.24. The minimum atomic E-state index is -0.178. The van der Waals surface area contributed by atoms with Crippen LogP contribution in [0.2, 0.25) is 0 Å². The molecule has 2 aromatic rings. The lowest BCUT2D eigenvalue weighted by Crippen LogP contribution is -1.85. The highest BCUT2D eigenvalue weighted by atomic mass is 32.1. The highest BCUT2D eigenvalue weighted by molar-refractivity contribution is 7.10. The Hall–Kier alpha value is -2.11. The summed E-state index contributed by atoms with van der Waals surface area (Å²) < 4.78 is 0. The highest BCUT2D eigenvalue weighted by Crippen LogP contribution is 2.09. The number of thiophene rings is 1. The largest absolute Gasteiger partial charge is 0.280 e. The Kier molecular flexibility index (Phi) is 3.90. The zero-order valence-corrected chi connectivity index (χ0v) is 9.91. The van der Waals surface area contributed by atoms with E-state index >= 15 is 0 Å². The number of hydrogen-bond acceptors (Lipinski definition) is 2. The number of ketones is 1. The van der Waals surface area contributed by atoms with Crippen LogP contribution in [0.15, 0.2) is 53.9 Å². The van der Waals surface area contributed by atoms with Crippen molar-refractivity contribution < 1.29 is 4.79 Å². The van der Waals surface area contributed by atoms with Crippen molar-refractivity contribution in [2.45, 2.75) is 0 Å². The van der Waals surface area contributed by atoms with E-state index < -0.39 is 0 Å². The Morgan fingerprint density at radius 2 is 1.94 bits per heavy atom. The molecule has 0 spiro atoms. The molecule has 1 nitrogen and oxygen atoms in total. The second-order valence-corrected chi connectivity index (χ2v) is 4.31. The van der Waals surface area contributed by atoms with Crippen molar-refractivity contribution in [2.24, 2.45) is 0 Å². The van der Waals surface area contributed by atoms with Crippen molar-refractivity contribution >= 4 is 23.2 Å². The van der Waals surface area contributed by atoms with Gasteiger partial charge in [0.05, 0.1) is 0 Å². The average Bonchev–Trinajstić information content (AvgIpc) is 2.88. The minimum Gasteiger partial charge on any atom is -0.280 e. The summed E-state index contributed by atoms with van der Waals surface area (Å²) in [5.41, 5.74) is 0.852. The Labute approximate surface area is 104 Å². The van der Waals surface area contributed by atoms with E-state index in [1.165, 1.54) is 6.08 Å². The Bertz CT molecular complexity index is 568. The van der Waals surface area contributed by atoms with Crippen LogP contribution in [-0.2, 0) is 4.79 Å². The van der Waals surface area contributed by atoms with Gasteiger partial charge in [0, 0.05) is 10.4 Å². The second kappa shape index (κ2) is 5.83. The maximum atomic E-state index is 11.5. The van der Waals surface area contributed by atoms with Crippen LogP contribution >= 0.6 is 11.3 Å². The van der Waals surface area contributed by atoms with Crippen LogP contribution in [0.3, 0.4) is 0 Å². The third kappa shape index (κ3) is 3.75. The van der Waals surface area contributed by atoms with E-state index in [4.69, 9.17) is 0 Å². The molecule has 2 rings (SSSR count). The smallest absolute Gasteiger partial charge is 0.229 e. The normalized spacial score (nSPS) is 9.88. The summed E-state index contributed by atoms with van der Waals surface area (Å²) >= 11 is 1.59. The van der Waals surface area contributed by atoms with Crippen molar-refractivity contribution in [2.75, 3.05) is 0 Å². The monoisotopic (exact) mass is 238 g/mol. The van der Waals surface area contributed by atoms with Crippen LogP contribution in [0.4, 0.5) is 0 Å². The van der Waals surface area contributed by atoms with E-state index in [1.54, 1.807) is 17.4 Å². The molecule has 17 heavy (non-hydrogen) atoms. The lowest BCUT2D eigenvalue weighted by Gasteiger charge is -1.85. The van der Waals surface area contributed by atoms with Gasteiger partial charge in [0.2, 0.25) is 5.78 Å². The van der Waals surface area contributed by atoms with Gasteiger partial charge in [-0.3, -0.25) is 4.79 Å². The molecule has 0 saturated heterocycles. The van der Waals surface area contributed by atoms with Crippen LogP contribution in [0.1, 0.15) is 10.4 Å². The molecule has 1 aromatic heterocycles. The Balaban J connectivity index is 2.01. The highest BCUT2D eigenvalue weighted by Gasteiger charge is 1.90. The molecule has 1 aromatic carbocycles. The molecular formula is C15H10OS. The number of carbonyl (C=O) groups is 1. The van der Waals surface area contributed by atoms with Crippen molar-refractivity contribution in [3.05, 3.63) is 64.4 Å². The standard InChI is InChI=1S/C15H10OS/c16-14(10-11-15-7-4-12-17-15)9-8-13-5-2-1-3-6-13/h1-7,10-12H/b11-10+. The van der Waals surface area contributed by atoms with Gasteiger partial charge in [-0.15, -0.1) is 11.3 Å². The van der Waals surface area contributed by atoms with E-state index in [9.17, 15) is 4.79 Å². The van der Waals surface area contributed by atoms with Gasteiger partial charge in [-0.05, 0) is 41.7 Å². The summed E-state index contributed by atoms with van der Waals surface area (Å²) in [6.07, 6.45) is 3.29. The summed E-state index contributed by atoms with van der Waals surface area (Å²) in [4.78, 5) is 12.5. The average molecular weight is 238 g/mol. The lowest BCUT2D eigenvalue weighted by atomic mass is 10.2. The second-order valence-electron chi connectivity index (χ2n) is 3.33. The molecule has 0 atom stereocenters. The predicted molar refractivity (Wildman–Crippen MR) is 71.7 cm³/mol. The predicted octanol–water partition coefficient (Wildman–Crippen LogP) is 3.38.